The van der Waals surface area contributed by atoms with Gasteiger partial charge in [-0.05, 0) is 43.5 Å². The van der Waals surface area contributed by atoms with Gasteiger partial charge < -0.3 is 35.0 Å². The number of para-hydroxylation sites is 1. The van der Waals surface area contributed by atoms with Crippen LogP contribution in [0.25, 0.3) is 10.9 Å². The first kappa shape index (κ1) is 25.6. The molecule has 1 aliphatic rings. The van der Waals surface area contributed by atoms with Crippen LogP contribution >= 0.6 is 0 Å². The summed E-state index contributed by atoms with van der Waals surface area (Å²) in [5.74, 6) is -7.30. The Bertz CT molecular complexity index is 840. The second-order valence-corrected chi connectivity index (χ2v) is 6.76. The monoisotopic (exact) mass is 438 g/mol. The van der Waals surface area contributed by atoms with E-state index in [4.69, 9.17) is 39.6 Å². The molecular formula is C20H26N2O9. The van der Waals surface area contributed by atoms with Crippen LogP contribution in [0, 0.1) is 0 Å². The number of rotatable bonds is 4. The third-order valence-corrected chi connectivity index (χ3v) is 4.37. The molecule has 0 radical (unpaired) electrons. The Labute approximate surface area is 177 Å². The lowest BCUT2D eigenvalue weighted by Gasteiger charge is -2.28. The normalized spacial score (nSPS) is 14.4. The first-order valence-electron chi connectivity index (χ1n) is 9.48. The Hall–Kier alpha value is -3.44. The van der Waals surface area contributed by atoms with Crippen molar-refractivity contribution in [3.63, 3.8) is 0 Å². The van der Waals surface area contributed by atoms with Crippen LogP contribution in [0.15, 0.2) is 36.5 Å². The zero-order valence-corrected chi connectivity index (χ0v) is 16.8. The van der Waals surface area contributed by atoms with Gasteiger partial charge in [0, 0.05) is 24.8 Å². The predicted molar refractivity (Wildman–Crippen MR) is 109 cm³/mol. The summed E-state index contributed by atoms with van der Waals surface area (Å²) in [6, 6.07) is 10.4. The van der Waals surface area contributed by atoms with E-state index in [1.165, 1.54) is 30.2 Å². The minimum atomic E-state index is -1.82. The fourth-order valence-corrected chi connectivity index (χ4v) is 3.02. The molecule has 2 heterocycles. The summed E-state index contributed by atoms with van der Waals surface area (Å²) in [6.07, 6.45) is 5.69. The number of carboxylic acid groups (broad SMARTS) is 4. The largest absolute Gasteiger partial charge is 0.473 e. The molecule has 11 heteroatoms. The number of nitrogens with zero attached hydrogens (tertiary/aromatic N) is 2. The van der Waals surface area contributed by atoms with Gasteiger partial charge in [-0.2, -0.15) is 0 Å². The van der Waals surface area contributed by atoms with Crippen LogP contribution in [0.2, 0.25) is 0 Å². The second kappa shape index (κ2) is 13.0. The van der Waals surface area contributed by atoms with Gasteiger partial charge >= 0.3 is 23.9 Å². The Morgan fingerprint density at radius 1 is 0.774 bits per heavy atom. The van der Waals surface area contributed by atoms with Crippen LogP contribution in [0.4, 0.5) is 0 Å². The Morgan fingerprint density at radius 3 is 1.81 bits per heavy atom. The van der Waals surface area contributed by atoms with Gasteiger partial charge in [0.1, 0.15) is 0 Å². The summed E-state index contributed by atoms with van der Waals surface area (Å²) in [6.45, 7) is 3.77. The lowest BCUT2D eigenvalue weighted by Crippen LogP contribution is -2.37. The van der Waals surface area contributed by atoms with Gasteiger partial charge in [-0.3, -0.25) is 0 Å². The van der Waals surface area contributed by atoms with Crippen LogP contribution in [0.1, 0.15) is 19.3 Å². The molecule has 1 saturated heterocycles. The number of carboxylic acids is 4. The molecule has 1 fully saturated rings. The number of fused-ring (bicyclic) bond motifs is 1. The van der Waals surface area contributed by atoms with Crippen molar-refractivity contribution in [1.29, 1.82) is 0 Å². The van der Waals surface area contributed by atoms with Crippen molar-refractivity contribution in [3.8, 4) is 0 Å². The number of aliphatic hydroxyl groups excluding tert-OH is 1. The van der Waals surface area contributed by atoms with Crippen molar-refractivity contribution >= 4 is 34.8 Å². The van der Waals surface area contributed by atoms with Crippen LogP contribution in [-0.2, 0) is 25.7 Å². The van der Waals surface area contributed by atoms with Gasteiger partial charge in [0.05, 0.1) is 6.10 Å². The molecule has 31 heavy (non-hydrogen) atoms. The number of hydrogen-bond acceptors (Lipinski definition) is 6. The minimum Gasteiger partial charge on any atom is -0.473 e. The minimum absolute atomic E-state index is 0.283. The number of aliphatic hydroxyl groups is 1. The number of carbonyl (C=O) groups is 4. The molecule has 0 aliphatic carbocycles. The first-order valence-corrected chi connectivity index (χ1v) is 9.48. The maximum atomic E-state index is 10.3. The van der Waals surface area contributed by atoms with Crippen molar-refractivity contribution in [2.45, 2.75) is 31.9 Å². The number of likely N-dealkylation sites (tertiary alicyclic amines) is 1. The number of aliphatic carboxylic acids is 4. The first-order chi connectivity index (χ1) is 14.6. The number of piperidine rings is 1. The quantitative estimate of drug-likeness (QED) is 0.429. The Morgan fingerprint density at radius 2 is 1.29 bits per heavy atom. The van der Waals surface area contributed by atoms with Gasteiger partial charge in [0.2, 0.25) is 0 Å². The summed E-state index contributed by atoms with van der Waals surface area (Å²) in [7, 11) is 0. The predicted octanol–water partition coefficient (Wildman–Crippen LogP) is 0.799. The Kier molecular flexibility index (Phi) is 10.7. The molecule has 0 saturated carbocycles. The molecule has 1 aromatic carbocycles. The number of β-amino-alcohol motifs (C(OH)–C–C–N with tert-alkyl or cyclic N) is 1. The molecular weight excluding hydrogens is 412 g/mol. The lowest BCUT2D eigenvalue weighted by atomic mass is 10.1. The maximum absolute atomic E-state index is 10.3. The molecule has 0 spiro atoms. The van der Waals surface area contributed by atoms with Crippen LogP contribution < -0.4 is 0 Å². The van der Waals surface area contributed by atoms with Crippen LogP contribution in [0.5, 0.6) is 0 Å². The van der Waals surface area contributed by atoms with E-state index in [0.29, 0.717) is 6.54 Å². The highest BCUT2D eigenvalue weighted by Gasteiger charge is 2.15. The van der Waals surface area contributed by atoms with Gasteiger partial charge in [0.15, 0.2) is 0 Å². The van der Waals surface area contributed by atoms with Crippen molar-refractivity contribution in [2.24, 2.45) is 0 Å². The molecule has 1 atom stereocenters. The molecule has 3 rings (SSSR count). The van der Waals surface area contributed by atoms with E-state index in [1.807, 2.05) is 0 Å². The van der Waals surface area contributed by atoms with Gasteiger partial charge in [-0.25, -0.2) is 19.2 Å². The van der Waals surface area contributed by atoms with E-state index < -0.39 is 23.9 Å². The van der Waals surface area contributed by atoms with Gasteiger partial charge in [0.25, 0.3) is 0 Å². The zero-order valence-electron chi connectivity index (χ0n) is 16.8. The molecule has 0 amide bonds. The molecule has 5 N–H and O–H groups in total. The molecule has 1 aliphatic heterocycles. The summed E-state index contributed by atoms with van der Waals surface area (Å²) < 4.78 is 2.16. The third-order valence-electron chi connectivity index (χ3n) is 4.37. The highest BCUT2D eigenvalue weighted by molar-refractivity contribution is 6.27. The lowest BCUT2D eigenvalue weighted by molar-refractivity contribution is -0.159. The van der Waals surface area contributed by atoms with Crippen LogP contribution in [-0.4, -0.2) is 84.6 Å². The van der Waals surface area contributed by atoms with E-state index in [0.717, 1.165) is 19.6 Å². The SMILES string of the molecule is O=C(O)C(=O)O.O=C(O)C(=O)O.OC(CN1CCCCC1)Cn1ccc2ccccc21. The van der Waals surface area contributed by atoms with Crippen molar-refractivity contribution in [1.82, 2.24) is 9.47 Å². The molecule has 170 valence electrons. The average molecular weight is 438 g/mol. The summed E-state index contributed by atoms with van der Waals surface area (Å²) in [5, 5.41) is 41.1. The van der Waals surface area contributed by atoms with Crippen molar-refractivity contribution in [2.75, 3.05) is 19.6 Å². The van der Waals surface area contributed by atoms with E-state index in [1.54, 1.807) is 0 Å². The molecule has 1 aromatic heterocycles. The summed E-state index contributed by atoms with van der Waals surface area (Å²) in [5.41, 5.74) is 1.21. The molecule has 11 nitrogen and oxygen atoms in total. The highest BCUT2D eigenvalue weighted by atomic mass is 16.4. The smallest absolute Gasteiger partial charge is 0.414 e. The summed E-state index contributed by atoms with van der Waals surface area (Å²) in [4.78, 5) is 38.8. The number of hydrogen-bond donors (Lipinski definition) is 5. The number of aromatic nitrogens is 1. The van der Waals surface area contributed by atoms with E-state index in [9.17, 15) is 5.11 Å². The molecule has 2 aromatic rings. The zero-order chi connectivity index (χ0) is 23.4. The van der Waals surface area contributed by atoms with E-state index in [-0.39, 0.29) is 6.10 Å². The standard InChI is InChI=1S/C16H22N2O.2C2H2O4/c19-15(12-17-9-4-1-5-10-17)13-18-11-8-14-6-2-3-7-16(14)18;2*3-1(4)2(5)6/h2-3,6-8,11,15,19H,1,4-5,9-10,12-13H2;2*(H,3,4)(H,5,6). The van der Waals surface area contributed by atoms with Gasteiger partial charge in [-0.15, -0.1) is 0 Å². The molecule has 0 bridgehead atoms. The van der Waals surface area contributed by atoms with E-state index in [2.05, 4.69) is 46.0 Å². The van der Waals surface area contributed by atoms with Crippen molar-refractivity contribution in [3.05, 3.63) is 36.5 Å². The van der Waals surface area contributed by atoms with E-state index >= 15 is 0 Å². The van der Waals surface area contributed by atoms with Gasteiger partial charge in [-0.1, -0.05) is 24.6 Å². The molecule has 1 unspecified atom stereocenters. The summed E-state index contributed by atoms with van der Waals surface area (Å²) >= 11 is 0. The highest BCUT2D eigenvalue weighted by Crippen LogP contribution is 2.16. The number of benzene rings is 1. The van der Waals surface area contributed by atoms with Crippen molar-refractivity contribution < 1.29 is 44.7 Å². The average Bonchev–Trinajstić information content (AvgIpc) is 3.12. The Balaban J connectivity index is 0.000000333. The second-order valence-electron chi connectivity index (χ2n) is 6.76. The van der Waals surface area contributed by atoms with Crippen LogP contribution in [0.3, 0.4) is 0 Å². The topological polar surface area (TPSA) is 178 Å². The fourth-order valence-electron chi connectivity index (χ4n) is 3.02. The maximum Gasteiger partial charge on any atom is 0.414 e. The third kappa shape index (κ3) is 9.74. The fraction of sp³-hybridized carbons (Fsp3) is 0.400.